The maximum atomic E-state index is 10.1. The molecule has 5 rings (SSSR count). The van der Waals surface area contributed by atoms with Gasteiger partial charge in [-0.15, -0.1) is 0 Å². The number of rotatable bonds is 4. The number of hydrogen-bond acceptors (Lipinski definition) is 2. The van der Waals surface area contributed by atoms with Crippen molar-refractivity contribution in [2.24, 2.45) is 0 Å². The van der Waals surface area contributed by atoms with Crippen LogP contribution in [0.4, 0.5) is 0 Å². The van der Waals surface area contributed by atoms with Crippen molar-refractivity contribution in [3.8, 4) is 28.1 Å². The first-order valence-electron chi connectivity index (χ1n) is 9.68. The van der Waals surface area contributed by atoms with E-state index in [2.05, 4.69) is 42.5 Å². The molecule has 1 heterocycles. The SMILES string of the molecule is OCc1ccc2c(c(-c3ccccc3)nn2-c2ccccc2)c1-c1ccccc1. The van der Waals surface area contributed by atoms with E-state index in [1.54, 1.807) is 0 Å². The highest BCUT2D eigenvalue weighted by molar-refractivity contribution is 6.06. The average Bonchev–Trinajstić information content (AvgIpc) is 3.20. The fourth-order valence-corrected chi connectivity index (χ4v) is 3.89. The molecule has 0 amide bonds. The Morgan fingerprint density at radius 2 is 1.24 bits per heavy atom. The smallest absolute Gasteiger partial charge is 0.101 e. The highest BCUT2D eigenvalue weighted by Gasteiger charge is 2.20. The van der Waals surface area contributed by atoms with E-state index in [4.69, 9.17) is 5.10 Å². The molecule has 0 aliphatic rings. The largest absolute Gasteiger partial charge is 0.392 e. The Morgan fingerprint density at radius 1 is 0.655 bits per heavy atom. The van der Waals surface area contributed by atoms with Gasteiger partial charge in [-0.3, -0.25) is 0 Å². The molecule has 0 radical (unpaired) electrons. The number of aliphatic hydroxyl groups excluding tert-OH is 1. The summed E-state index contributed by atoms with van der Waals surface area (Å²) in [5.74, 6) is 0. The minimum atomic E-state index is -0.0229. The van der Waals surface area contributed by atoms with E-state index in [1.807, 2.05) is 65.3 Å². The third-order valence-electron chi connectivity index (χ3n) is 5.22. The van der Waals surface area contributed by atoms with Crippen LogP contribution in [0.2, 0.25) is 0 Å². The topological polar surface area (TPSA) is 38.1 Å². The van der Waals surface area contributed by atoms with Crippen molar-refractivity contribution in [3.05, 3.63) is 109 Å². The maximum Gasteiger partial charge on any atom is 0.101 e. The van der Waals surface area contributed by atoms with Gasteiger partial charge in [0.1, 0.15) is 5.69 Å². The summed E-state index contributed by atoms with van der Waals surface area (Å²) >= 11 is 0. The van der Waals surface area contributed by atoms with E-state index in [0.29, 0.717) is 0 Å². The zero-order chi connectivity index (χ0) is 19.6. The summed E-state index contributed by atoms with van der Waals surface area (Å²) in [6.07, 6.45) is 0. The van der Waals surface area contributed by atoms with Crippen LogP contribution in [0.15, 0.2) is 103 Å². The fourth-order valence-electron chi connectivity index (χ4n) is 3.89. The molecule has 1 N–H and O–H groups in total. The van der Waals surface area contributed by atoms with Crippen LogP contribution >= 0.6 is 0 Å². The van der Waals surface area contributed by atoms with Crippen LogP contribution < -0.4 is 0 Å². The number of aliphatic hydroxyl groups is 1. The molecular weight excluding hydrogens is 356 g/mol. The van der Waals surface area contributed by atoms with Crippen molar-refractivity contribution in [3.63, 3.8) is 0 Å². The Hall–Kier alpha value is -3.69. The van der Waals surface area contributed by atoms with Crippen LogP contribution in [0.1, 0.15) is 5.56 Å². The fraction of sp³-hybridized carbons (Fsp3) is 0.0385. The lowest BCUT2D eigenvalue weighted by Gasteiger charge is -2.11. The van der Waals surface area contributed by atoms with E-state index in [9.17, 15) is 5.11 Å². The lowest BCUT2D eigenvalue weighted by molar-refractivity contribution is 0.282. The molecule has 3 heteroatoms. The maximum absolute atomic E-state index is 10.1. The third kappa shape index (κ3) is 3.02. The summed E-state index contributed by atoms with van der Waals surface area (Å²) in [5.41, 5.74) is 7.01. The van der Waals surface area contributed by atoms with Crippen LogP contribution in [-0.4, -0.2) is 14.9 Å². The van der Waals surface area contributed by atoms with E-state index >= 15 is 0 Å². The molecule has 0 atom stereocenters. The monoisotopic (exact) mass is 376 g/mol. The molecule has 0 aliphatic carbocycles. The molecule has 0 unspecified atom stereocenters. The van der Waals surface area contributed by atoms with Crippen LogP contribution in [0, 0.1) is 0 Å². The summed E-state index contributed by atoms with van der Waals surface area (Å²) in [6, 6.07) is 34.7. The molecule has 0 bridgehead atoms. The number of para-hydroxylation sites is 1. The van der Waals surface area contributed by atoms with E-state index in [1.165, 1.54) is 0 Å². The predicted molar refractivity (Wildman–Crippen MR) is 118 cm³/mol. The Morgan fingerprint density at radius 3 is 1.86 bits per heavy atom. The molecule has 29 heavy (non-hydrogen) atoms. The Labute approximate surface area is 169 Å². The summed E-state index contributed by atoms with van der Waals surface area (Å²) < 4.78 is 1.99. The predicted octanol–water partition coefficient (Wildman–Crippen LogP) is 5.85. The highest BCUT2D eigenvalue weighted by Crippen LogP contribution is 2.39. The van der Waals surface area contributed by atoms with Gasteiger partial charge in [0.05, 0.1) is 17.8 Å². The summed E-state index contributed by atoms with van der Waals surface area (Å²) in [6.45, 7) is -0.0229. The van der Waals surface area contributed by atoms with Gasteiger partial charge in [0, 0.05) is 10.9 Å². The number of aromatic nitrogens is 2. The number of fused-ring (bicyclic) bond motifs is 1. The lowest BCUT2D eigenvalue weighted by atomic mass is 9.93. The molecule has 3 nitrogen and oxygen atoms in total. The van der Waals surface area contributed by atoms with Crippen molar-refractivity contribution in [2.45, 2.75) is 6.61 Å². The molecule has 0 fully saturated rings. The first-order chi connectivity index (χ1) is 14.4. The van der Waals surface area contributed by atoms with Gasteiger partial charge in [0.15, 0.2) is 0 Å². The van der Waals surface area contributed by atoms with Gasteiger partial charge in [0.2, 0.25) is 0 Å². The van der Waals surface area contributed by atoms with E-state index < -0.39 is 0 Å². The normalized spacial score (nSPS) is 11.1. The van der Waals surface area contributed by atoms with Crippen molar-refractivity contribution < 1.29 is 5.11 Å². The van der Waals surface area contributed by atoms with Crippen LogP contribution in [0.25, 0.3) is 39.0 Å². The first-order valence-corrected chi connectivity index (χ1v) is 9.68. The summed E-state index contributed by atoms with van der Waals surface area (Å²) in [4.78, 5) is 0. The van der Waals surface area contributed by atoms with E-state index in [-0.39, 0.29) is 6.61 Å². The second-order valence-corrected chi connectivity index (χ2v) is 6.98. The highest BCUT2D eigenvalue weighted by atomic mass is 16.3. The van der Waals surface area contributed by atoms with Crippen molar-refractivity contribution in [1.29, 1.82) is 0 Å². The Kier molecular flexibility index (Phi) is 4.43. The van der Waals surface area contributed by atoms with Gasteiger partial charge >= 0.3 is 0 Å². The minimum Gasteiger partial charge on any atom is -0.392 e. The first kappa shape index (κ1) is 17.4. The second-order valence-electron chi connectivity index (χ2n) is 6.98. The summed E-state index contributed by atoms with van der Waals surface area (Å²) in [7, 11) is 0. The molecule has 140 valence electrons. The van der Waals surface area contributed by atoms with Gasteiger partial charge in [0.25, 0.3) is 0 Å². The number of nitrogens with zero attached hydrogens (tertiary/aromatic N) is 2. The van der Waals surface area contributed by atoms with Gasteiger partial charge in [-0.05, 0) is 34.9 Å². The van der Waals surface area contributed by atoms with Crippen LogP contribution in [0.3, 0.4) is 0 Å². The van der Waals surface area contributed by atoms with Crippen LogP contribution in [-0.2, 0) is 6.61 Å². The Balaban J connectivity index is 1.92. The minimum absolute atomic E-state index is 0.0229. The van der Waals surface area contributed by atoms with Gasteiger partial charge in [-0.2, -0.15) is 5.10 Å². The lowest BCUT2D eigenvalue weighted by Crippen LogP contribution is -1.96. The molecule has 0 spiro atoms. The molecule has 0 saturated heterocycles. The molecule has 0 aliphatic heterocycles. The second kappa shape index (κ2) is 7.38. The quantitative estimate of drug-likeness (QED) is 0.427. The molecule has 0 saturated carbocycles. The third-order valence-corrected chi connectivity index (χ3v) is 5.22. The molecule has 4 aromatic carbocycles. The number of benzene rings is 4. The van der Waals surface area contributed by atoms with Crippen molar-refractivity contribution >= 4 is 10.9 Å². The van der Waals surface area contributed by atoms with Crippen molar-refractivity contribution in [2.75, 3.05) is 0 Å². The van der Waals surface area contributed by atoms with Gasteiger partial charge in [-0.1, -0.05) is 84.9 Å². The molecule has 5 aromatic rings. The zero-order valence-corrected chi connectivity index (χ0v) is 15.9. The molecule has 1 aromatic heterocycles. The van der Waals surface area contributed by atoms with Gasteiger partial charge < -0.3 is 5.11 Å². The number of hydrogen-bond donors (Lipinski definition) is 1. The van der Waals surface area contributed by atoms with E-state index in [0.717, 1.165) is 44.5 Å². The Bertz CT molecular complexity index is 1260. The average molecular weight is 376 g/mol. The van der Waals surface area contributed by atoms with Crippen LogP contribution in [0.5, 0.6) is 0 Å². The van der Waals surface area contributed by atoms with Gasteiger partial charge in [-0.25, -0.2) is 4.68 Å². The molecular formula is C26H20N2O. The zero-order valence-electron chi connectivity index (χ0n) is 15.9. The summed E-state index contributed by atoms with van der Waals surface area (Å²) in [5, 5.41) is 16.2. The van der Waals surface area contributed by atoms with Crippen molar-refractivity contribution in [1.82, 2.24) is 9.78 Å². The standard InChI is InChI=1S/C26H20N2O/c29-18-21-16-17-23-25(24(21)19-10-4-1-5-11-19)26(20-12-6-2-7-13-20)27-28(23)22-14-8-3-9-15-22/h1-17,29H,18H2.